The topological polar surface area (TPSA) is 12.0 Å². The monoisotopic (exact) mass is 251 g/mol. The highest BCUT2D eigenvalue weighted by molar-refractivity contribution is 7.10. The molecule has 0 spiro atoms. The lowest BCUT2D eigenvalue weighted by Crippen LogP contribution is -2.36. The first-order valence-corrected chi connectivity index (χ1v) is 7.84. The molecular formula is C15H25NS. The maximum atomic E-state index is 3.82. The third-order valence-corrected chi connectivity index (χ3v) is 5.17. The summed E-state index contributed by atoms with van der Waals surface area (Å²) in [5.74, 6) is 1.77. The van der Waals surface area contributed by atoms with E-state index in [1.54, 1.807) is 0 Å². The Bertz CT molecular complexity index is 318. The van der Waals surface area contributed by atoms with E-state index >= 15 is 0 Å². The Morgan fingerprint density at radius 1 is 1.29 bits per heavy atom. The largest absolute Gasteiger partial charge is 0.307 e. The number of hydrogen-bond donors (Lipinski definition) is 1. The molecule has 0 amide bonds. The summed E-state index contributed by atoms with van der Waals surface area (Å²) in [7, 11) is 0. The van der Waals surface area contributed by atoms with Gasteiger partial charge in [0, 0.05) is 17.0 Å². The molecular weight excluding hydrogens is 226 g/mol. The van der Waals surface area contributed by atoms with Gasteiger partial charge >= 0.3 is 0 Å². The van der Waals surface area contributed by atoms with Crippen molar-refractivity contribution in [2.75, 3.05) is 0 Å². The minimum Gasteiger partial charge on any atom is -0.307 e. The second-order valence-electron chi connectivity index (χ2n) is 5.77. The van der Waals surface area contributed by atoms with Gasteiger partial charge in [0.25, 0.3) is 0 Å². The Balaban J connectivity index is 1.86. The molecule has 2 rings (SSSR count). The SMILES string of the molecule is CC(C)C1CCCC(N[C@@H](C)c2cccs2)C1. The van der Waals surface area contributed by atoms with E-state index < -0.39 is 0 Å². The van der Waals surface area contributed by atoms with Crippen LogP contribution in [0.15, 0.2) is 17.5 Å². The van der Waals surface area contributed by atoms with Crippen LogP contribution < -0.4 is 5.32 Å². The summed E-state index contributed by atoms with van der Waals surface area (Å²) >= 11 is 1.86. The molecule has 1 aromatic heterocycles. The molecule has 1 fully saturated rings. The summed E-state index contributed by atoms with van der Waals surface area (Å²) in [5.41, 5.74) is 0. The maximum Gasteiger partial charge on any atom is 0.0388 e. The molecule has 0 aliphatic heterocycles. The molecule has 17 heavy (non-hydrogen) atoms. The van der Waals surface area contributed by atoms with Gasteiger partial charge in [0.05, 0.1) is 0 Å². The van der Waals surface area contributed by atoms with Crippen molar-refractivity contribution in [2.45, 2.75) is 58.5 Å². The Hall–Kier alpha value is -0.340. The average molecular weight is 251 g/mol. The van der Waals surface area contributed by atoms with Crippen molar-refractivity contribution in [2.24, 2.45) is 11.8 Å². The van der Waals surface area contributed by atoms with Crippen LogP contribution in [0.2, 0.25) is 0 Å². The van der Waals surface area contributed by atoms with Crippen LogP contribution in [0.5, 0.6) is 0 Å². The van der Waals surface area contributed by atoms with Gasteiger partial charge in [0.2, 0.25) is 0 Å². The maximum absolute atomic E-state index is 3.82. The summed E-state index contributed by atoms with van der Waals surface area (Å²) in [6.07, 6.45) is 5.56. The molecule has 1 N–H and O–H groups in total. The van der Waals surface area contributed by atoms with Crippen molar-refractivity contribution in [3.63, 3.8) is 0 Å². The quantitative estimate of drug-likeness (QED) is 0.823. The van der Waals surface area contributed by atoms with Gasteiger partial charge in [-0.05, 0) is 43.0 Å². The van der Waals surface area contributed by atoms with E-state index in [9.17, 15) is 0 Å². The van der Waals surface area contributed by atoms with E-state index in [4.69, 9.17) is 0 Å². The lowest BCUT2D eigenvalue weighted by Gasteiger charge is -2.33. The van der Waals surface area contributed by atoms with E-state index in [2.05, 4.69) is 43.6 Å². The first-order valence-electron chi connectivity index (χ1n) is 6.96. The number of thiophene rings is 1. The smallest absolute Gasteiger partial charge is 0.0388 e. The molecule has 3 atom stereocenters. The highest BCUT2D eigenvalue weighted by Crippen LogP contribution is 2.31. The highest BCUT2D eigenvalue weighted by atomic mass is 32.1. The van der Waals surface area contributed by atoms with Crippen LogP contribution >= 0.6 is 11.3 Å². The zero-order chi connectivity index (χ0) is 12.3. The standard InChI is InChI=1S/C15H25NS/c1-11(2)13-6-4-7-14(10-13)16-12(3)15-8-5-9-17-15/h5,8-9,11-14,16H,4,6-7,10H2,1-3H3/t12-,13?,14?/m0/s1. The molecule has 1 nitrogen and oxygen atoms in total. The van der Waals surface area contributed by atoms with Crippen molar-refractivity contribution in [3.8, 4) is 0 Å². The van der Waals surface area contributed by atoms with Crippen LogP contribution in [0.4, 0.5) is 0 Å². The molecule has 0 bridgehead atoms. The summed E-state index contributed by atoms with van der Waals surface area (Å²) < 4.78 is 0. The summed E-state index contributed by atoms with van der Waals surface area (Å²) in [5, 5.41) is 5.99. The van der Waals surface area contributed by atoms with Crippen LogP contribution in [0.25, 0.3) is 0 Å². The van der Waals surface area contributed by atoms with Crippen LogP contribution in [0.3, 0.4) is 0 Å². The van der Waals surface area contributed by atoms with E-state index in [1.165, 1.54) is 30.6 Å². The number of hydrogen-bond acceptors (Lipinski definition) is 2. The minimum absolute atomic E-state index is 0.519. The summed E-state index contributed by atoms with van der Waals surface area (Å²) in [4.78, 5) is 1.47. The van der Waals surface area contributed by atoms with Gasteiger partial charge in [-0.1, -0.05) is 32.8 Å². The van der Waals surface area contributed by atoms with Gasteiger partial charge in [-0.25, -0.2) is 0 Å². The second kappa shape index (κ2) is 6.01. The molecule has 1 aliphatic rings. The van der Waals surface area contributed by atoms with Gasteiger partial charge in [-0.3, -0.25) is 0 Å². The summed E-state index contributed by atoms with van der Waals surface area (Å²) in [6.45, 7) is 7.04. The normalized spacial score (nSPS) is 27.3. The fourth-order valence-corrected chi connectivity index (χ4v) is 3.70. The molecule has 1 saturated carbocycles. The van der Waals surface area contributed by atoms with Crippen LogP contribution in [0.1, 0.15) is 57.4 Å². The van der Waals surface area contributed by atoms with E-state index in [-0.39, 0.29) is 0 Å². The molecule has 1 heterocycles. The highest BCUT2D eigenvalue weighted by Gasteiger charge is 2.25. The predicted octanol–water partition coefficient (Wildman–Crippen LogP) is 4.61. The lowest BCUT2D eigenvalue weighted by atomic mass is 9.79. The van der Waals surface area contributed by atoms with Gasteiger partial charge in [-0.15, -0.1) is 11.3 Å². The molecule has 0 saturated heterocycles. The van der Waals surface area contributed by atoms with Crippen molar-refractivity contribution >= 4 is 11.3 Å². The van der Waals surface area contributed by atoms with Gasteiger partial charge in [-0.2, -0.15) is 0 Å². The van der Waals surface area contributed by atoms with E-state index in [0.717, 1.165) is 17.9 Å². The van der Waals surface area contributed by atoms with Crippen LogP contribution in [0, 0.1) is 11.8 Å². The average Bonchev–Trinajstić information content (AvgIpc) is 2.82. The van der Waals surface area contributed by atoms with Gasteiger partial charge in [0.15, 0.2) is 0 Å². The number of rotatable bonds is 4. The van der Waals surface area contributed by atoms with Crippen molar-refractivity contribution < 1.29 is 0 Å². The zero-order valence-corrected chi connectivity index (χ0v) is 12.1. The van der Waals surface area contributed by atoms with E-state index in [0.29, 0.717) is 6.04 Å². The third-order valence-electron chi connectivity index (χ3n) is 4.11. The van der Waals surface area contributed by atoms with Gasteiger partial charge < -0.3 is 5.32 Å². The Labute approximate surface area is 110 Å². The third kappa shape index (κ3) is 3.56. The van der Waals surface area contributed by atoms with E-state index in [1.807, 2.05) is 11.3 Å². The van der Waals surface area contributed by atoms with Crippen molar-refractivity contribution in [1.82, 2.24) is 5.32 Å². The van der Waals surface area contributed by atoms with Crippen LogP contribution in [-0.2, 0) is 0 Å². The second-order valence-corrected chi connectivity index (χ2v) is 6.75. The first-order chi connectivity index (χ1) is 8.16. The Morgan fingerprint density at radius 2 is 2.12 bits per heavy atom. The lowest BCUT2D eigenvalue weighted by molar-refractivity contribution is 0.223. The Kier molecular flexibility index (Phi) is 4.63. The predicted molar refractivity (Wildman–Crippen MR) is 76.5 cm³/mol. The fraction of sp³-hybridized carbons (Fsp3) is 0.733. The molecule has 96 valence electrons. The molecule has 2 heteroatoms. The molecule has 1 aromatic rings. The molecule has 1 aliphatic carbocycles. The minimum atomic E-state index is 0.519. The molecule has 2 unspecified atom stereocenters. The van der Waals surface area contributed by atoms with Crippen LogP contribution in [-0.4, -0.2) is 6.04 Å². The molecule has 0 aromatic carbocycles. The summed E-state index contributed by atoms with van der Waals surface area (Å²) in [6, 6.07) is 5.64. The zero-order valence-electron chi connectivity index (χ0n) is 11.3. The molecule has 0 radical (unpaired) electrons. The number of nitrogens with one attached hydrogen (secondary N) is 1. The first kappa shape index (κ1) is 13.1. The fourth-order valence-electron chi connectivity index (χ4n) is 2.96. The van der Waals surface area contributed by atoms with Crippen molar-refractivity contribution in [3.05, 3.63) is 22.4 Å². The van der Waals surface area contributed by atoms with Crippen molar-refractivity contribution in [1.29, 1.82) is 0 Å². The Morgan fingerprint density at radius 3 is 2.76 bits per heavy atom. The van der Waals surface area contributed by atoms with Gasteiger partial charge in [0.1, 0.15) is 0 Å².